The zero-order valence-electron chi connectivity index (χ0n) is 53.2. The zero-order chi connectivity index (χ0) is 68.0. The molecule has 0 aromatic heterocycles. The molecule has 0 fully saturated rings. The number of guanidine groups is 1. The molecule has 93 heavy (non-hydrogen) atoms. The summed E-state index contributed by atoms with van der Waals surface area (Å²) in [5, 5.41) is 35.0. The molecule has 0 bridgehead atoms. The number of fused-ring (bicyclic) bond motifs is 2. The highest BCUT2D eigenvalue weighted by Crippen LogP contribution is 2.22. The van der Waals surface area contributed by atoms with E-state index in [2.05, 4.69) is 47.5 Å². The van der Waals surface area contributed by atoms with Gasteiger partial charge in [-0.25, -0.2) is 4.79 Å². The molecule has 502 valence electrons. The fraction of sp³-hybridized carbons (Fsp3) is 0.448. The van der Waals surface area contributed by atoms with E-state index in [0.29, 0.717) is 55.3 Å². The Morgan fingerprint density at radius 2 is 0.849 bits per heavy atom. The van der Waals surface area contributed by atoms with Crippen molar-refractivity contribution in [3.63, 3.8) is 0 Å². The van der Waals surface area contributed by atoms with Gasteiger partial charge in [0.05, 0.1) is 6.04 Å². The van der Waals surface area contributed by atoms with E-state index in [9.17, 15) is 53.1 Å². The molecule has 0 aliphatic carbocycles. The predicted octanol–water partition coefficient (Wildman–Crippen LogP) is 0.954. The number of carboxylic acid groups (broad SMARTS) is 1. The number of aliphatic imine (C=N–C) groups is 1. The maximum absolute atomic E-state index is 15.0. The van der Waals surface area contributed by atoms with Crippen molar-refractivity contribution < 1.29 is 53.1 Å². The Morgan fingerprint density at radius 3 is 1.38 bits per heavy atom. The smallest absolute Gasteiger partial charge is 0.326 e. The number of benzene rings is 5. The van der Waals surface area contributed by atoms with E-state index < -0.39 is 120 Å². The van der Waals surface area contributed by atoms with Crippen LogP contribution in [0.2, 0.25) is 0 Å². The Kier molecular flexibility index (Phi) is 30.6. The molecule has 5 rings (SSSR count). The summed E-state index contributed by atoms with van der Waals surface area (Å²) in [7, 11) is 0. The average molecular weight is 1280 g/mol. The molecular weight excluding hydrogens is 1190 g/mol. The molecule has 0 spiro atoms. The number of carboxylic acids is 1. The molecular formula is C67H93N15O11. The largest absolute Gasteiger partial charge is 0.480 e. The van der Waals surface area contributed by atoms with Gasteiger partial charge in [0.1, 0.15) is 48.3 Å². The van der Waals surface area contributed by atoms with Gasteiger partial charge in [-0.15, -0.1) is 0 Å². The molecule has 9 amide bonds. The highest BCUT2D eigenvalue weighted by molar-refractivity contribution is 5.99. The third-order valence-corrected chi connectivity index (χ3v) is 15.6. The second-order valence-electron chi connectivity index (χ2n) is 23.6. The monoisotopic (exact) mass is 1280 g/mol. The summed E-state index contributed by atoms with van der Waals surface area (Å²) in [6.45, 7) is 5.75. The van der Waals surface area contributed by atoms with Crippen molar-refractivity contribution in [3.05, 3.63) is 132 Å². The van der Waals surface area contributed by atoms with Crippen LogP contribution >= 0.6 is 0 Å². The number of carbonyl (C=O) groups is 10. The van der Waals surface area contributed by atoms with Crippen LogP contribution in [0.4, 0.5) is 0 Å². The molecule has 9 unspecified atom stereocenters. The van der Waals surface area contributed by atoms with Crippen LogP contribution in [-0.4, -0.2) is 144 Å². The Bertz CT molecular complexity index is 3350. The van der Waals surface area contributed by atoms with Gasteiger partial charge in [0.25, 0.3) is 0 Å². The number of nitrogens with two attached hydrogens (primary N) is 6. The minimum Gasteiger partial charge on any atom is -0.480 e. The summed E-state index contributed by atoms with van der Waals surface area (Å²) in [5.74, 6) is -8.91. The Balaban J connectivity index is 1.42. The molecule has 0 aliphatic heterocycles. The lowest BCUT2D eigenvalue weighted by atomic mass is 9.97. The number of nitrogens with zero attached hydrogens (tertiary/aromatic N) is 1. The molecule has 26 nitrogen and oxygen atoms in total. The van der Waals surface area contributed by atoms with E-state index in [1.807, 2.05) is 68.4 Å². The van der Waals surface area contributed by atoms with Crippen molar-refractivity contribution in [3.8, 4) is 0 Å². The first-order valence-corrected chi connectivity index (χ1v) is 31.6. The molecule has 0 heterocycles. The molecule has 21 N–H and O–H groups in total. The quantitative estimate of drug-likeness (QED) is 0.0148. The highest BCUT2D eigenvalue weighted by Gasteiger charge is 2.35. The normalized spacial score (nSPS) is 14.1. The van der Waals surface area contributed by atoms with E-state index in [-0.39, 0.29) is 76.3 Å². The summed E-state index contributed by atoms with van der Waals surface area (Å²) in [6.07, 6.45) is 1.51. The number of hydrogen-bond donors (Lipinski definition) is 15. The molecule has 26 heteroatoms. The first kappa shape index (κ1) is 74.2. The summed E-state index contributed by atoms with van der Waals surface area (Å²) in [4.78, 5) is 144. The standard InChI is InChI=1S/C67H93N15O11/c1-40(2)36-53(79-59(85)49(70)28-11-13-33-68)63(89)80-54(37-42-18-5-4-6-19-42)64(90)77-51(30-17-35-74-67(72)73)61(87)81-55(38-45-24-15-22-43-20-7-9-26-47(43)45)65(91)78-52(31-32-57(71)83)60(86)75-41(3)58(84)76-50(29-12-14-34-69)62(88)82-56(66(92)93)39-46-25-16-23-44-21-8-10-27-48(44)46/h4-10,15-16,18-27,40-41,49-56H,11-14,17,28-39,68-70H2,1-3H3,(H2,71,83)(H,75,86)(H,76,84)(H,77,90)(H,78,91)(H,79,85)(H,80,89)(H,81,87)(H,82,88)(H,92,93)(H4,72,73,74). The lowest BCUT2D eigenvalue weighted by molar-refractivity contribution is -0.142. The van der Waals surface area contributed by atoms with Crippen LogP contribution in [0, 0.1) is 5.92 Å². The minimum atomic E-state index is -1.57. The SMILES string of the molecule is CC(C)CC(NC(=O)C(N)CCCCN)C(=O)NC(Cc1ccccc1)C(=O)NC(CCCN=C(N)N)C(=O)NC(Cc1cccc2ccccc12)C(=O)NC(CCC(N)=O)C(=O)NC(C)C(=O)NC(CCCCN)C(=O)NC(Cc1cccc2ccccc12)C(=O)O. The predicted molar refractivity (Wildman–Crippen MR) is 356 cm³/mol. The molecule has 0 saturated carbocycles. The van der Waals surface area contributed by atoms with Crippen LogP contribution in [0.1, 0.15) is 108 Å². The number of amides is 9. The van der Waals surface area contributed by atoms with Crippen molar-refractivity contribution in [2.24, 2.45) is 45.3 Å². The Hall–Kier alpha value is -9.53. The molecule has 9 atom stereocenters. The van der Waals surface area contributed by atoms with Crippen molar-refractivity contribution in [1.29, 1.82) is 0 Å². The zero-order valence-corrected chi connectivity index (χ0v) is 53.2. The van der Waals surface area contributed by atoms with Gasteiger partial charge in [0.2, 0.25) is 53.2 Å². The molecule has 0 radical (unpaired) electrons. The number of carbonyl (C=O) groups excluding carboxylic acids is 9. The molecule has 0 aliphatic rings. The van der Waals surface area contributed by atoms with Gasteiger partial charge in [-0.05, 0) is 122 Å². The van der Waals surface area contributed by atoms with Crippen LogP contribution in [-0.2, 0) is 67.2 Å². The topological polar surface area (TPSA) is 456 Å². The van der Waals surface area contributed by atoms with Gasteiger partial charge < -0.3 is 82.0 Å². The van der Waals surface area contributed by atoms with E-state index in [0.717, 1.165) is 21.5 Å². The third-order valence-electron chi connectivity index (χ3n) is 15.6. The number of primary amides is 1. The lowest BCUT2D eigenvalue weighted by Crippen LogP contribution is -2.60. The third kappa shape index (κ3) is 24.9. The number of nitrogens with one attached hydrogen (secondary N) is 8. The first-order valence-electron chi connectivity index (χ1n) is 31.6. The van der Waals surface area contributed by atoms with Gasteiger partial charge in [0.15, 0.2) is 5.96 Å². The van der Waals surface area contributed by atoms with Crippen molar-refractivity contribution >= 4 is 86.6 Å². The van der Waals surface area contributed by atoms with Crippen LogP contribution in [0.3, 0.4) is 0 Å². The Morgan fingerprint density at radius 1 is 0.430 bits per heavy atom. The number of aliphatic carboxylic acids is 1. The van der Waals surface area contributed by atoms with Crippen LogP contribution in [0.5, 0.6) is 0 Å². The molecule has 5 aromatic rings. The van der Waals surface area contributed by atoms with Gasteiger partial charge in [0, 0.05) is 32.2 Å². The van der Waals surface area contributed by atoms with Gasteiger partial charge in [-0.1, -0.05) is 136 Å². The van der Waals surface area contributed by atoms with Crippen molar-refractivity contribution in [1.82, 2.24) is 42.5 Å². The lowest BCUT2D eigenvalue weighted by Gasteiger charge is -2.28. The van der Waals surface area contributed by atoms with Gasteiger partial charge in [-0.3, -0.25) is 48.1 Å². The van der Waals surface area contributed by atoms with Crippen molar-refractivity contribution in [2.75, 3.05) is 19.6 Å². The fourth-order valence-electron chi connectivity index (χ4n) is 10.6. The van der Waals surface area contributed by atoms with Crippen LogP contribution in [0.25, 0.3) is 21.5 Å². The summed E-state index contributed by atoms with van der Waals surface area (Å²) >= 11 is 0. The number of rotatable bonds is 40. The second kappa shape index (κ2) is 38.4. The van der Waals surface area contributed by atoms with Gasteiger partial charge in [-0.2, -0.15) is 0 Å². The number of hydrogen-bond acceptors (Lipinski definition) is 14. The summed E-state index contributed by atoms with van der Waals surface area (Å²) < 4.78 is 0. The van der Waals surface area contributed by atoms with E-state index >= 15 is 0 Å². The second-order valence-corrected chi connectivity index (χ2v) is 23.6. The first-order chi connectivity index (χ1) is 44.5. The van der Waals surface area contributed by atoms with Crippen molar-refractivity contribution in [2.45, 2.75) is 165 Å². The van der Waals surface area contributed by atoms with Crippen LogP contribution < -0.4 is 76.9 Å². The van der Waals surface area contributed by atoms with E-state index in [1.165, 1.54) is 6.92 Å². The summed E-state index contributed by atoms with van der Waals surface area (Å²) in [6, 6.07) is 22.3. The molecule has 0 saturated heterocycles. The molecule has 5 aromatic carbocycles. The van der Waals surface area contributed by atoms with E-state index in [1.54, 1.807) is 60.7 Å². The van der Waals surface area contributed by atoms with Crippen LogP contribution in [0.15, 0.2) is 120 Å². The summed E-state index contributed by atoms with van der Waals surface area (Å²) in [5.41, 5.74) is 36.4. The fourth-order valence-corrected chi connectivity index (χ4v) is 10.6. The highest BCUT2D eigenvalue weighted by atomic mass is 16.4. The van der Waals surface area contributed by atoms with Gasteiger partial charge >= 0.3 is 5.97 Å². The Labute approximate surface area is 542 Å². The van der Waals surface area contributed by atoms with E-state index in [4.69, 9.17) is 34.4 Å². The maximum Gasteiger partial charge on any atom is 0.326 e. The average Bonchev–Trinajstić information content (AvgIpc) is 1.43. The minimum absolute atomic E-state index is 0.0179. The maximum atomic E-state index is 15.0. The number of unbranched alkanes of at least 4 members (excludes halogenated alkanes) is 2.